The van der Waals surface area contributed by atoms with Crippen molar-refractivity contribution in [2.45, 2.75) is 5.60 Å². The second-order valence-electron chi connectivity index (χ2n) is 6.88. The largest absolute Gasteiger partial charge is 0.497 e. The first kappa shape index (κ1) is 18.0. The quantitative estimate of drug-likeness (QED) is 0.366. The van der Waals surface area contributed by atoms with Gasteiger partial charge in [0.15, 0.2) is 5.60 Å². The summed E-state index contributed by atoms with van der Waals surface area (Å²) in [6.07, 6.45) is 0. The Morgan fingerprint density at radius 2 is 1.43 bits per heavy atom. The molecule has 2 aliphatic heterocycles. The highest BCUT2D eigenvalue weighted by Gasteiger charge is 2.54. The van der Waals surface area contributed by atoms with E-state index in [2.05, 4.69) is 0 Å². The van der Waals surface area contributed by atoms with Gasteiger partial charge in [-0.1, -0.05) is 0 Å². The average molecular weight is 405 g/mol. The van der Waals surface area contributed by atoms with E-state index in [0.29, 0.717) is 39.7 Å². The van der Waals surface area contributed by atoms with Crippen LogP contribution in [0.3, 0.4) is 0 Å². The molecule has 2 aliphatic rings. The molecule has 0 bridgehead atoms. The Hall–Kier alpha value is -4.07. The third-order valence-corrected chi connectivity index (χ3v) is 5.42. The average Bonchev–Trinajstić information content (AvgIpc) is 3.05. The van der Waals surface area contributed by atoms with Crippen LogP contribution in [0.1, 0.15) is 27.0 Å². The van der Waals surface area contributed by atoms with E-state index < -0.39 is 16.5 Å². The van der Waals surface area contributed by atoms with Crippen molar-refractivity contribution in [1.29, 1.82) is 0 Å². The zero-order valence-corrected chi connectivity index (χ0v) is 16.0. The number of ether oxygens (including phenoxy) is 4. The fourth-order valence-corrected chi connectivity index (χ4v) is 4.04. The van der Waals surface area contributed by atoms with Gasteiger partial charge in [0, 0.05) is 41.0 Å². The first-order chi connectivity index (χ1) is 14.5. The van der Waals surface area contributed by atoms with Gasteiger partial charge >= 0.3 is 5.97 Å². The summed E-state index contributed by atoms with van der Waals surface area (Å²) >= 11 is 0. The number of hydrogen-bond acceptors (Lipinski definition) is 7. The number of carbonyl (C=O) groups is 1. The van der Waals surface area contributed by atoms with Crippen LogP contribution in [0, 0.1) is 10.1 Å². The SMILES string of the molecule is COc1ccc2c(c1)Oc1cc(OC)ccc1C21OC(=O)c2cc([N+](=O)[O-])ccc21. The van der Waals surface area contributed by atoms with Gasteiger partial charge in [0.1, 0.15) is 23.0 Å². The van der Waals surface area contributed by atoms with Crippen LogP contribution >= 0.6 is 0 Å². The van der Waals surface area contributed by atoms with Gasteiger partial charge in [-0.15, -0.1) is 0 Å². The van der Waals surface area contributed by atoms with Gasteiger partial charge in [0.05, 0.1) is 24.7 Å². The third-order valence-electron chi connectivity index (χ3n) is 5.42. The molecule has 0 aromatic heterocycles. The van der Waals surface area contributed by atoms with E-state index in [0.717, 1.165) is 0 Å². The van der Waals surface area contributed by atoms with Crippen molar-refractivity contribution in [2.75, 3.05) is 14.2 Å². The molecule has 5 rings (SSSR count). The first-order valence-electron chi connectivity index (χ1n) is 9.05. The number of nitrogens with zero attached hydrogens (tertiary/aromatic N) is 1. The second-order valence-corrected chi connectivity index (χ2v) is 6.88. The fourth-order valence-electron chi connectivity index (χ4n) is 4.04. The molecular formula is C22H15NO7. The topological polar surface area (TPSA) is 97.1 Å². The van der Waals surface area contributed by atoms with Crippen molar-refractivity contribution in [2.24, 2.45) is 0 Å². The molecule has 0 aliphatic carbocycles. The van der Waals surface area contributed by atoms with Crippen LogP contribution in [0.15, 0.2) is 54.6 Å². The number of nitro benzene ring substituents is 1. The highest BCUT2D eigenvalue weighted by Crippen LogP contribution is 2.57. The number of nitro groups is 1. The third kappa shape index (κ3) is 2.30. The van der Waals surface area contributed by atoms with Crippen LogP contribution in [-0.2, 0) is 10.3 Å². The number of esters is 1. The molecule has 0 unspecified atom stereocenters. The molecule has 8 heteroatoms. The molecule has 0 fully saturated rings. The van der Waals surface area contributed by atoms with E-state index >= 15 is 0 Å². The maximum absolute atomic E-state index is 12.8. The van der Waals surface area contributed by atoms with E-state index in [9.17, 15) is 14.9 Å². The predicted octanol–water partition coefficient (Wildman–Crippen LogP) is 4.18. The molecule has 2 heterocycles. The van der Waals surface area contributed by atoms with Gasteiger partial charge in [-0.2, -0.15) is 0 Å². The first-order valence-corrected chi connectivity index (χ1v) is 9.05. The summed E-state index contributed by atoms with van der Waals surface area (Å²) in [6, 6.07) is 14.6. The van der Waals surface area contributed by atoms with Crippen molar-refractivity contribution in [3.8, 4) is 23.0 Å². The number of fused-ring (bicyclic) bond motifs is 6. The van der Waals surface area contributed by atoms with E-state index in [-0.39, 0.29) is 11.3 Å². The summed E-state index contributed by atoms with van der Waals surface area (Å²) in [7, 11) is 3.09. The molecule has 0 atom stereocenters. The molecule has 150 valence electrons. The van der Waals surface area contributed by atoms with Gasteiger partial charge in [0.2, 0.25) is 0 Å². The van der Waals surface area contributed by atoms with Crippen molar-refractivity contribution in [3.05, 3.63) is 87.0 Å². The highest BCUT2D eigenvalue weighted by molar-refractivity contribution is 5.97. The summed E-state index contributed by atoms with van der Waals surface area (Å²) in [4.78, 5) is 23.5. The van der Waals surface area contributed by atoms with Gasteiger partial charge in [-0.05, 0) is 30.3 Å². The van der Waals surface area contributed by atoms with Gasteiger partial charge < -0.3 is 18.9 Å². The van der Waals surface area contributed by atoms with Crippen LogP contribution < -0.4 is 14.2 Å². The Labute approximate surface area is 170 Å². The lowest BCUT2D eigenvalue weighted by atomic mass is 9.77. The van der Waals surface area contributed by atoms with Crippen LogP contribution in [0.4, 0.5) is 5.69 Å². The number of carbonyl (C=O) groups excluding carboxylic acids is 1. The Morgan fingerprint density at radius 3 is 1.97 bits per heavy atom. The van der Waals surface area contributed by atoms with E-state index in [1.807, 2.05) is 0 Å². The lowest BCUT2D eigenvalue weighted by Gasteiger charge is -2.36. The highest BCUT2D eigenvalue weighted by atomic mass is 16.6. The molecule has 30 heavy (non-hydrogen) atoms. The maximum atomic E-state index is 12.8. The molecule has 8 nitrogen and oxygen atoms in total. The van der Waals surface area contributed by atoms with Crippen molar-refractivity contribution >= 4 is 11.7 Å². The number of methoxy groups -OCH3 is 2. The standard InChI is InChI=1S/C22H15NO7/c1-27-13-4-7-17-19(10-13)29-20-11-14(28-2)5-8-18(20)22(17)16-6-3-12(23(25)26)9-15(16)21(24)30-22/h3-11H,1-2H3. The Bertz CT molecular complexity index is 1180. The zero-order valence-electron chi connectivity index (χ0n) is 16.0. The maximum Gasteiger partial charge on any atom is 0.340 e. The number of non-ortho nitro benzene ring substituents is 1. The zero-order chi connectivity index (χ0) is 21.0. The number of rotatable bonds is 3. The lowest BCUT2D eigenvalue weighted by molar-refractivity contribution is -0.384. The van der Waals surface area contributed by atoms with Gasteiger partial charge in [0.25, 0.3) is 5.69 Å². The minimum Gasteiger partial charge on any atom is -0.497 e. The molecule has 0 saturated carbocycles. The van der Waals surface area contributed by atoms with E-state index in [1.54, 1.807) is 56.7 Å². The van der Waals surface area contributed by atoms with Crippen LogP contribution in [0.2, 0.25) is 0 Å². The van der Waals surface area contributed by atoms with Crippen LogP contribution in [0.5, 0.6) is 23.0 Å². The molecule has 1 spiro atoms. The van der Waals surface area contributed by atoms with Crippen molar-refractivity contribution in [3.63, 3.8) is 0 Å². The smallest absolute Gasteiger partial charge is 0.340 e. The minimum absolute atomic E-state index is 0.148. The Balaban J connectivity index is 1.83. The van der Waals surface area contributed by atoms with Crippen LogP contribution in [-0.4, -0.2) is 25.1 Å². The van der Waals surface area contributed by atoms with E-state index in [4.69, 9.17) is 18.9 Å². The molecular weight excluding hydrogens is 390 g/mol. The minimum atomic E-state index is -1.30. The molecule has 0 saturated heterocycles. The second kappa shape index (κ2) is 6.21. The summed E-state index contributed by atoms with van der Waals surface area (Å²) < 4.78 is 22.7. The van der Waals surface area contributed by atoms with Crippen molar-refractivity contribution < 1.29 is 28.7 Å². The molecule has 0 amide bonds. The lowest BCUT2D eigenvalue weighted by Crippen LogP contribution is -2.33. The molecule has 3 aromatic rings. The molecule has 0 N–H and O–H groups in total. The van der Waals surface area contributed by atoms with E-state index in [1.165, 1.54) is 12.1 Å². The van der Waals surface area contributed by atoms with Gasteiger partial charge in [-0.25, -0.2) is 4.79 Å². The predicted molar refractivity (Wildman–Crippen MR) is 104 cm³/mol. The fraction of sp³-hybridized carbons (Fsp3) is 0.136. The van der Waals surface area contributed by atoms with Gasteiger partial charge in [-0.3, -0.25) is 10.1 Å². The summed E-state index contributed by atoms with van der Waals surface area (Å²) in [6.45, 7) is 0. The Kier molecular flexibility index (Phi) is 3.73. The molecule has 3 aromatic carbocycles. The normalized spacial score (nSPS) is 14.8. The summed E-state index contributed by atoms with van der Waals surface area (Å²) in [5.41, 5.74) is 0.376. The number of benzene rings is 3. The monoisotopic (exact) mass is 405 g/mol. The summed E-state index contributed by atoms with van der Waals surface area (Å²) in [5, 5.41) is 11.2. The van der Waals surface area contributed by atoms with Crippen molar-refractivity contribution in [1.82, 2.24) is 0 Å². The molecule has 0 radical (unpaired) electrons. The summed E-state index contributed by atoms with van der Waals surface area (Å²) in [5.74, 6) is 1.41. The van der Waals surface area contributed by atoms with Crippen LogP contribution in [0.25, 0.3) is 0 Å². The Morgan fingerprint density at radius 1 is 0.867 bits per heavy atom. The number of hydrogen-bond donors (Lipinski definition) is 0.